The molecule has 0 aliphatic heterocycles. The summed E-state index contributed by atoms with van der Waals surface area (Å²) in [5, 5.41) is 10.8. The molecule has 0 aliphatic rings. The third-order valence-electron chi connectivity index (χ3n) is 5.38. The van der Waals surface area contributed by atoms with Crippen molar-refractivity contribution in [2.45, 2.75) is 70.1 Å². The van der Waals surface area contributed by atoms with Gasteiger partial charge in [0.2, 0.25) is 0 Å². The van der Waals surface area contributed by atoms with Gasteiger partial charge in [0.25, 0.3) is 0 Å². The second-order valence-electron chi connectivity index (χ2n) is 8.60. The van der Waals surface area contributed by atoms with Crippen molar-refractivity contribution in [1.82, 2.24) is 4.98 Å². The fourth-order valence-corrected chi connectivity index (χ4v) is 4.82. The zero-order valence-electron chi connectivity index (χ0n) is 18.9. The summed E-state index contributed by atoms with van der Waals surface area (Å²) in [6.07, 6.45) is -0.575. The predicted molar refractivity (Wildman–Crippen MR) is 129 cm³/mol. The van der Waals surface area contributed by atoms with Gasteiger partial charge in [-0.3, -0.25) is 4.98 Å². The quantitative estimate of drug-likeness (QED) is 0.399. The largest absolute Gasteiger partial charge is 0.389 e. The van der Waals surface area contributed by atoms with E-state index < -0.39 is 6.10 Å². The van der Waals surface area contributed by atoms with Crippen LogP contribution in [0.5, 0.6) is 0 Å². The maximum absolute atomic E-state index is 10.8. The van der Waals surface area contributed by atoms with Crippen molar-refractivity contribution in [2.75, 3.05) is 0 Å². The smallest absolute Gasteiger partial charge is 0.0785 e. The standard InChI is InChI=1S/C27H33NOS/c1-17(2)26-23(16-30-22-14-12-19(5)13-15-22)25(21-10-8-7-9-11-21)24(20(6)29)27(28-26)18(3)4/h7-15,17-18,20,29H,16H2,1-6H3. The van der Waals surface area contributed by atoms with Gasteiger partial charge in [-0.25, -0.2) is 0 Å². The van der Waals surface area contributed by atoms with Crippen molar-refractivity contribution in [3.8, 4) is 11.1 Å². The Kier molecular flexibility index (Phi) is 7.38. The first-order valence-corrected chi connectivity index (χ1v) is 11.8. The van der Waals surface area contributed by atoms with E-state index in [2.05, 4.69) is 83.1 Å². The summed E-state index contributed by atoms with van der Waals surface area (Å²) in [6.45, 7) is 12.7. The summed E-state index contributed by atoms with van der Waals surface area (Å²) < 4.78 is 0. The predicted octanol–water partition coefficient (Wildman–Crippen LogP) is 7.65. The van der Waals surface area contributed by atoms with Crippen LogP contribution in [0.2, 0.25) is 0 Å². The van der Waals surface area contributed by atoms with Gasteiger partial charge in [-0.15, -0.1) is 11.8 Å². The van der Waals surface area contributed by atoms with Crippen LogP contribution in [0.4, 0.5) is 0 Å². The average molecular weight is 420 g/mol. The minimum absolute atomic E-state index is 0.244. The molecule has 0 fully saturated rings. The van der Waals surface area contributed by atoms with Gasteiger partial charge in [-0.2, -0.15) is 0 Å². The second-order valence-corrected chi connectivity index (χ2v) is 9.65. The van der Waals surface area contributed by atoms with Gasteiger partial charge in [0.05, 0.1) is 6.10 Å². The number of hydrogen-bond acceptors (Lipinski definition) is 3. The first-order valence-electron chi connectivity index (χ1n) is 10.8. The molecule has 1 atom stereocenters. The number of aliphatic hydroxyl groups excluding tert-OH is 1. The van der Waals surface area contributed by atoms with Crippen LogP contribution >= 0.6 is 11.8 Å². The number of rotatable bonds is 7. The number of aliphatic hydroxyl groups is 1. The van der Waals surface area contributed by atoms with E-state index in [-0.39, 0.29) is 5.92 Å². The Labute approximate surface area is 185 Å². The monoisotopic (exact) mass is 419 g/mol. The molecule has 3 rings (SSSR count). The fraction of sp³-hybridized carbons (Fsp3) is 0.370. The van der Waals surface area contributed by atoms with E-state index in [1.807, 2.05) is 24.8 Å². The van der Waals surface area contributed by atoms with Crippen LogP contribution in [0, 0.1) is 6.92 Å². The molecule has 3 aromatic rings. The van der Waals surface area contributed by atoms with E-state index in [1.165, 1.54) is 16.0 Å². The highest BCUT2D eigenvalue weighted by Crippen LogP contribution is 2.41. The first kappa shape index (κ1) is 22.6. The van der Waals surface area contributed by atoms with Crippen molar-refractivity contribution in [3.63, 3.8) is 0 Å². The summed E-state index contributed by atoms with van der Waals surface area (Å²) >= 11 is 1.84. The Morgan fingerprint density at radius 1 is 0.833 bits per heavy atom. The molecule has 0 saturated carbocycles. The van der Waals surface area contributed by atoms with E-state index in [1.54, 1.807) is 0 Å². The van der Waals surface area contributed by atoms with Crippen LogP contribution in [0.1, 0.15) is 80.6 Å². The highest BCUT2D eigenvalue weighted by Gasteiger charge is 2.25. The lowest BCUT2D eigenvalue weighted by atomic mass is 9.86. The molecule has 1 N–H and O–H groups in total. The molecule has 0 bridgehead atoms. The zero-order valence-corrected chi connectivity index (χ0v) is 19.8. The molecule has 158 valence electrons. The van der Waals surface area contributed by atoms with Crippen molar-refractivity contribution < 1.29 is 5.11 Å². The van der Waals surface area contributed by atoms with Crippen LogP contribution < -0.4 is 0 Å². The van der Waals surface area contributed by atoms with Gasteiger partial charge in [0.1, 0.15) is 0 Å². The van der Waals surface area contributed by atoms with Crippen molar-refractivity contribution in [2.24, 2.45) is 0 Å². The first-order chi connectivity index (χ1) is 14.3. The lowest BCUT2D eigenvalue weighted by molar-refractivity contribution is 0.197. The molecule has 1 heterocycles. The molecule has 2 nitrogen and oxygen atoms in total. The molecule has 2 aromatic carbocycles. The van der Waals surface area contributed by atoms with Gasteiger partial charge in [-0.1, -0.05) is 75.7 Å². The van der Waals surface area contributed by atoms with Crippen LogP contribution in [-0.4, -0.2) is 10.1 Å². The highest BCUT2D eigenvalue weighted by molar-refractivity contribution is 7.98. The molecule has 0 saturated heterocycles. The van der Waals surface area contributed by atoms with Gasteiger partial charge < -0.3 is 5.11 Å². The van der Waals surface area contributed by atoms with E-state index >= 15 is 0 Å². The lowest BCUT2D eigenvalue weighted by Crippen LogP contribution is -2.13. The summed E-state index contributed by atoms with van der Waals surface area (Å²) in [6, 6.07) is 19.2. The molecule has 0 radical (unpaired) electrons. The second kappa shape index (κ2) is 9.80. The van der Waals surface area contributed by atoms with E-state index in [0.717, 1.165) is 33.8 Å². The average Bonchev–Trinajstić information content (AvgIpc) is 2.72. The SMILES string of the molecule is Cc1ccc(SCc2c(C(C)C)nc(C(C)C)c(C(C)O)c2-c2ccccc2)cc1. The van der Waals surface area contributed by atoms with Gasteiger partial charge in [0, 0.05) is 27.6 Å². The van der Waals surface area contributed by atoms with Crippen LogP contribution in [0.3, 0.4) is 0 Å². The fourth-order valence-electron chi connectivity index (χ4n) is 3.89. The number of thioether (sulfide) groups is 1. The van der Waals surface area contributed by atoms with E-state index in [4.69, 9.17) is 4.98 Å². The molecule has 30 heavy (non-hydrogen) atoms. The van der Waals surface area contributed by atoms with Crippen molar-refractivity contribution in [3.05, 3.63) is 82.7 Å². The van der Waals surface area contributed by atoms with E-state index in [9.17, 15) is 5.11 Å². The van der Waals surface area contributed by atoms with Crippen LogP contribution in [0.15, 0.2) is 59.5 Å². The molecule has 0 aliphatic carbocycles. The summed E-state index contributed by atoms with van der Waals surface area (Å²) in [5.41, 5.74) is 7.94. The number of pyridine rings is 1. The third kappa shape index (κ3) is 4.96. The molecular formula is C27H33NOS. The Morgan fingerprint density at radius 2 is 1.43 bits per heavy atom. The topological polar surface area (TPSA) is 33.1 Å². The van der Waals surface area contributed by atoms with Crippen molar-refractivity contribution in [1.29, 1.82) is 0 Å². The zero-order chi connectivity index (χ0) is 21.8. The van der Waals surface area contributed by atoms with E-state index in [0.29, 0.717) is 5.92 Å². The Morgan fingerprint density at radius 3 is 1.97 bits per heavy atom. The Hall–Kier alpha value is -2.10. The summed E-state index contributed by atoms with van der Waals surface area (Å²) in [7, 11) is 0. The maximum atomic E-state index is 10.8. The molecule has 0 spiro atoms. The molecule has 1 aromatic heterocycles. The maximum Gasteiger partial charge on any atom is 0.0785 e. The summed E-state index contributed by atoms with van der Waals surface area (Å²) in [5.74, 6) is 1.38. The van der Waals surface area contributed by atoms with Crippen LogP contribution in [0.25, 0.3) is 11.1 Å². The minimum Gasteiger partial charge on any atom is -0.389 e. The Bertz CT molecular complexity index is 976. The molecule has 0 amide bonds. The van der Waals surface area contributed by atoms with Gasteiger partial charge >= 0.3 is 0 Å². The van der Waals surface area contributed by atoms with Crippen molar-refractivity contribution >= 4 is 11.8 Å². The van der Waals surface area contributed by atoms with Crippen LogP contribution in [-0.2, 0) is 5.75 Å². The Balaban J connectivity index is 2.23. The molecule has 3 heteroatoms. The number of aromatic nitrogens is 1. The lowest BCUT2D eigenvalue weighted by Gasteiger charge is -2.26. The summed E-state index contributed by atoms with van der Waals surface area (Å²) in [4.78, 5) is 6.38. The number of benzene rings is 2. The molecular weight excluding hydrogens is 386 g/mol. The van der Waals surface area contributed by atoms with Gasteiger partial charge in [-0.05, 0) is 54.5 Å². The molecule has 1 unspecified atom stereocenters. The third-order valence-corrected chi connectivity index (χ3v) is 6.41. The number of nitrogens with zero attached hydrogens (tertiary/aromatic N) is 1. The number of aryl methyl sites for hydroxylation is 1. The van der Waals surface area contributed by atoms with Gasteiger partial charge in [0.15, 0.2) is 0 Å². The number of hydrogen-bond donors (Lipinski definition) is 1. The normalized spacial score (nSPS) is 12.6. The highest BCUT2D eigenvalue weighted by atomic mass is 32.2. The minimum atomic E-state index is -0.575.